The number of thiophene rings is 1. The number of nitriles is 1. The van der Waals surface area contributed by atoms with Gasteiger partial charge in [0.15, 0.2) is 0 Å². The van der Waals surface area contributed by atoms with Crippen LogP contribution in [0.4, 0.5) is 23.2 Å². The number of hydrogen-bond acceptors (Lipinski definition) is 9. The van der Waals surface area contributed by atoms with Gasteiger partial charge in [-0.2, -0.15) is 23.4 Å². The molecule has 0 amide bonds. The van der Waals surface area contributed by atoms with Crippen LogP contribution in [0.1, 0.15) is 18.4 Å². The van der Waals surface area contributed by atoms with Gasteiger partial charge < -0.3 is 25.0 Å². The normalized spacial score (nSPS) is 24.0. The van der Waals surface area contributed by atoms with Gasteiger partial charge in [-0.1, -0.05) is 17.3 Å². The molecule has 0 radical (unpaired) electrons. The Labute approximate surface area is 217 Å². The minimum absolute atomic E-state index is 0.0201. The number of benzene rings is 1. The molecule has 2 N–H and O–H groups in total. The zero-order chi connectivity index (χ0) is 26.3. The van der Waals surface area contributed by atoms with Crippen molar-refractivity contribution >= 4 is 44.8 Å². The number of guanidine groups is 1. The predicted molar refractivity (Wildman–Crippen MR) is 133 cm³/mol. The summed E-state index contributed by atoms with van der Waals surface area (Å²) in [6.07, 6.45) is 1.17. The number of alkyl halides is 4. The monoisotopic (exact) mass is 554 g/mol. The van der Waals surface area contributed by atoms with Gasteiger partial charge in [-0.3, -0.25) is 0 Å². The molecule has 37 heavy (non-hydrogen) atoms. The lowest BCUT2D eigenvalue weighted by Crippen LogP contribution is -2.46. The van der Waals surface area contributed by atoms with E-state index >= 15 is 0 Å². The SMILES string of the molecule is CN1CC[C@@H](Nc2cccc3c(SC(F)(F)F)c(-c4noc(C5CN(C)/C(=N/C#N)N5)n4)sc23)[C@@H](F)C1. The Balaban J connectivity index is 1.51. The Kier molecular flexibility index (Phi) is 6.90. The van der Waals surface area contributed by atoms with Crippen molar-refractivity contribution in [3.8, 4) is 16.9 Å². The first-order chi connectivity index (χ1) is 17.6. The van der Waals surface area contributed by atoms with Crippen LogP contribution in [0.25, 0.3) is 20.8 Å². The van der Waals surface area contributed by atoms with Crippen LogP contribution >= 0.6 is 23.1 Å². The summed E-state index contributed by atoms with van der Waals surface area (Å²) in [5.74, 6) is 0.514. The number of likely N-dealkylation sites (tertiary alicyclic amines) is 1. The molecule has 0 aliphatic carbocycles. The largest absolute Gasteiger partial charge is 0.446 e. The van der Waals surface area contributed by atoms with Gasteiger partial charge in [-0.05, 0) is 31.3 Å². The van der Waals surface area contributed by atoms with Crippen molar-refractivity contribution < 1.29 is 22.1 Å². The van der Waals surface area contributed by atoms with Gasteiger partial charge in [0.2, 0.25) is 18.0 Å². The smallest absolute Gasteiger partial charge is 0.378 e. The average molecular weight is 555 g/mol. The van der Waals surface area contributed by atoms with E-state index in [0.29, 0.717) is 34.7 Å². The molecule has 196 valence electrons. The molecule has 1 aromatic carbocycles. The van der Waals surface area contributed by atoms with E-state index < -0.39 is 23.8 Å². The number of piperidine rings is 1. The summed E-state index contributed by atoms with van der Waals surface area (Å²) < 4.78 is 61.4. The molecule has 3 atom stereocenters. The number of thioether (sulfide) groups is 1. The molecule has 15 heteroatoms. The van der Waals surface area contributed by atoms with Crippen molar-refractivity contribution in [2.75, 3.05) is 39.0 Å². The van der Waals surface area contributed by atoms with Crippen LogP contribution in [0, 0.1) is 11.5 Å². The fourth-order valence-corrected chi connectivity index (χ4v) is 6.55. The second-order valence-electron chi connectivity index (χ2n) is 8.88. The highest BCUT2D eigenvalue weighted by atomic mass is 32.2. The summed E-state index contributed by atoms with van der Waals surface area (Å²) in [6.45, 7) is 1.39. The van der Waals surface area contributed by atoms with Gasteiger partial charge in [0, 0.05) is 37.0 Å². The van der Waals surface area contributed by atoms with Gasteiger partial charge in [0.05, 0.1) is 21.3 Å². The Bertz CT molecular complexity index is 1370. The molecular formula is C22H22F4N8OS2. The number of nitrogens with one attached hydrogen (secondary N) is 2. The first kappa shape index (κ1) is 25.6. The summed E-state index contributed by atoms with van der Waals surface area (Å²) in [4.78, 5) is 11.8. The van der Waals surface area contributed by atoms with Gasteiger partial charge in [0.25, 0.3) is 5.89 Å². The van der Waals surface area contributed by atoms with Crippen molar-refractivity contribution in [1.82, 2.24) is 25.3 Å². The highest BCUT2D eigenvalue weighted by Gasteiger charge is 2.36. The first-order valence-electron chi connectivity index (χ1n) is 11.3. The van der Waals surface area contributed by atoms with Gasteiger partial charge in [0.1, 0.15) is 12.2 Å². The maximum absolute atomic E-state index is 14.7. The van der Waals surface area contributed by atoms with E-state index in [1.807, 2.05) is 11.9 Å². The van der Waals surface area contributed by atoms with E-state index in [1.165, 1.54) is 0 Å². The highest BCUT2D eigenvalue weighted by molar-refractivity contribution is 8.00. The standard InChI is InChI=1S/C22H22F4N8OS2/c1-33-7-6-13(12(23)8-33)29-14-5-3-4-11-16(14)36-18(17(11)37-22(24,25)26)19-31-20(35-32-19)15-9-34(2)21(30-15)28-10-27/h3-5,12-13,15,29H,6-9H2,1-2H3,(H,28,30)/t12-,13+,15?/m0/s1. The Morgan fingerprint density at radius 3 is 2.86 bits per heavy atom. The zero-order valence-electron chi connectivity index (χ0n) is 19.7. The fourth-order valence-electron chi connectivity index (χ4n) is 4.44. The number of anilines is 1. The van der Waals surface area contributed by atoms with Crippen LogP contribution in [-0.4, -0.2) is 77.4 Å². The summed E-state index contributed by atoms with van der Waals surface area (Å²) in [5.41, 5.74) is -3.98. The summed E-state index contributed by atoms with van der Waals surface area (Å²) in [7, 11) is 3.58. The van der Waals surface area contributed by atoms with Crippen LogP contribution in [0.5, 0.6) is 0 Å². The molecule has 1 unspecified atom stereocenters. The Morgan fingerprint density at radius 2 is 2.14 bits per heavy atom. The van der Waals surface area contributed by atoms with E-state index in [0.717, 1.165) is 17.9 Å². The third kappa shape index (κ3) is 5.32. The van der Waals surface area contributed by atoms with Gasteiger partial charge in [-0.15, -0.1) is 16.3 Å². The van der Waals surface area contributed by atoms with Crippen molar-refractivity contribution in [2.45, 2.75) is 35.1 Å². The molecule has 3 aromatic rings. The molecule has 2 fully saturated rings. The van der Waals surface area contributed by atoms with E-state index in [9.17, 15) is 17.6 Å². The third-order valence-electron chi connectivity index (χ3n) is 6.19. The number of likely N-dealkylation sites (N-methyl/N-ethyl adjacent to an activating group) is 1. The zero-order valence-corrected chi connectivity index (χ0v) is 21.3. The maximum atomic E-state index is 14.7. The summed E-state index contributed by atoms with van der Waals surface area (Å²) >= 11 is 0.865. The number of aromatic nitrogens is 2. The molecule has 0 spiro atoms. The van der Waals surface area contributed by atoms with Gasteiger partial charge in [-0.25, -0.2) is 4.39 Å². The highest BCUT2D eigenvalue weighted by Crippen LogP contribution is 2.50. The molecule has 2 saturated heterocycles. The summed E-state index contributed by atoms with van der Waals surface area (Å²) in [5, 5.41) is 19.4. The van der Waals surface area contributed by atoms with Crippen LogP contribution in [0.3, 0.4) is 0 Å². The van der Waals surface area contributed by atoms with E-state index in [2.05, 4.69) is 25.8 Å². The van der Waals surface area contributed by atoms with Gasteiger partial charge >= 0.3 is 5.51 Å². The van der Waals surface area contributed by atoms with Crippen molar-refractivity contribution in [3.05, 3.63) is 24.1 Å². The molecule has 2 aliphatic heterocycles. The second-order valence-corrected chi connectivity index (χ2v) is 11.0. The van der Waals surface area contributed by atoms with Crippen LogP contribution in [0.15, 0.2) is 32.6 Å². The minimum atomic E-state index is -4.55. The van der Waals surface area contributed by atoms with Crippen LogP contribution < -0.4 is 10.6 Å². The molecule has 0 bridgehead atoms. The lowest BCUT2D eigenvalue weighted by Gasteiger charge is -2.33. The molecular weight excluding hydrogens is 532 g/mol. The number of rotatable bonds is 5. The minimum Gasteiger partial charge on any atom is -0.378 e. The fraction of sp³-hybridized carbons (Fsp3) is 0.455. The molecule has 4 heterocycles. The van der Waals surface area contributed by atoms with E-state index in [4.69, 9.17) is 9.78 Å². The van der Waals surface area contributed by atoms with Crippen LogP contribution in [0.2, 0.25) is 0 Å². The molecule has 9 nitrogen and oxygen atoms in total. The molecule has 2 aromatic heterocycles. The first-order valence-corrected chi connectivity index (χ1v) is 12.9. The molecule has 0 saturated carbocycles. The average Bonchev–Trinajstić information content (AvgIpc) is 3.53. The number of halogens is 4. The van der Waals surface area contributed by atoms with Crippen molar-refractivity contribution in [1.29, 1.82) is 5.26 Å². The number of aliphatic imine (C=N–C) groups is 1. The summed E-state index contributed by atoms with van der Waals surface area (Å²) in [6, 6.07) is 4.08. The van der Waals surface area contributed by atoms with Crippen molar-refractivity contribution in [3.63, 3.8) is 0 Å². The third-order valence-corrected chi connectivity index (χ3v) is 8.42. The number of nitrogens with zero attached hydrogens (tertiary/aromatic N) is 6. The predicted octanol–water partition coefficient (Wildman–Crippen LogP) is 4.43. The van der Waals surface area contributed by atoms with E-state index in [1.54, 1.807) is 36.3 Å². The lowest BCUT2D eigenvalue weighted by atomic mass is 10.0. The van der Waals surface area contributed by atoms with Crippen LogP contribution in [-0.2, 0) is 0 Å². The van der Waals surface area contributed by atoms with E-state index in [-0.39, 0.29) is 39.8 Å². The second kappa shape index (κ2) is 9.99. The number of fused-ring (bicyclic) bond motifs is 1. The number of hydrogen-bond donors (Lipinski definition) is 2. The quantitative estimate of drug-likeness (QED) is 0.269. The Morgan fingerprint density at radius 1 is 1.32 bits per heavy atom. The van der Waals surface area contributed by atoms with Crippen molar-refractivity contribution in [2.24, 2.45) is 4.99 Å². The lowest BCUT2D eigenvalue weighted by molar-refractivity contribution is -0.0327. The topological polar surface area (TPSA) is 106 Å². The Hall–Kier alpha value is -3.09. The maximum Gasteiger partial charge on any atom is 0.446 e. The molecule has 2 aliphatic rings. The molecule has 5 rings (SSSR count).